The van der Waals surface area contributed by atoms with Gasteiger partial charge >= 0.3 is 6.03 Å². The van der Waals surface area contributed by atoms with Crippen LogP contribution < -0.4 is 10.1 Å². The molecule has 0 radical (unpaired) electrons. The van der Waals surface area contributed by atoms with Crippen molar-refractivity contribution >= 4 is 11.7 Å². The Morgan fingerprint density at radius 1 is 1.17 bits per heavy atom. The van der Waals surface area contributed by atoms with Crippen LogP contribution in [0.25, 0.3) is 0 Å². The zero-order chi connectivity index (χ0) is 20.9. The predicted molar refractivity (Wildman–Crippen MR) is 117 cm³/mol. The van der Waals surface area contributed by atoms with Gasteiger partial charge in [-0.1, -0.05) is 57.2 Å². The second kappa shape index (κ2) is 9.31. The van der Waals surface area contributed by atoms with E-state index in [1.165, 1.54) is 5.56 Å². The molecule has 3 rings (SSSR count). The maximum absolute atomic E-state index is 13.1. The van der Waals surface area contributed by atoms with Crippen LogP contribution in [-0.2, 0) is 16.7 Å². The second-order valence-corrected chi connectivity index (χ2v) is 8.59. The molecule has 0 aliphatic carbocycles. The molecule has 2 aromatic rings. The minimum Gasteiger partial charge on any atom is -0.495 e. The Hall–Kier alpha value is -2.53. The molecular weight excluding hydrogens is 364 g/mol. The number of nitrogens with one attached hydrogen (secondary N) is 1. The highest BCUT2D eigenvalue weighted by atomic mass is 16.5. The Morgan fingerprint density at radius 3 is 2.52 bits per heavy atom. The van der Waals surface area contributed by atoms with E-state index in [4.69, 9.17) is 9.47 Å². The fourth-order valence-electron chi connectivity index (χ4n) is 3.53. The van der Waals surface area contributed by atoms with Gasteiger partial charge in [-0.05, 0) is 41.5 Å². The van der Waals surface area contributed by atoms with Gasteiger partial charge in [0.05, 0.1) is 18.9 Å². The summed E-state index contributed by atoms with van der Waals surface area (Å²) < 4.78 is 11.1. The monoisotopic (exact) mass is 396 g/mol. The zero-order valence-electron chi connectivity index (χ0n) is 17.9. The third kappa shape index (κ3) is 5.73. The Bertz CT molecular complexity index is 806. The first kappa shape index (κ1) is 21.2. The number of anilines is 1. The molecule has 5 nitrogen and oxygen atoms in total. The number of carbonyl (C=O) groups excluding carboxylic acids is 1. The van der Waals surface area contributed by atoms with Crippen molar-refractivity contribution in [3.05, 3.63) is 59.7 Å². The molecule has 0 saturated carbocycles. The first-order chi connectivity index (χ1) is 13.9. The van der Waals surface area contributed by atoms with Crippen LogP contribution in [0.5, 0.6) is 5.75 Å². The van der Waals surface area contributed by atoms with E-state index < -0.39 is 0 Å². The van der Waals surface area contributed by atoms with E-state index in [0.29, 0.717) is 24.5 Å². The van der Waals surface area contributed by atoms with Crippen LogP contribution in [0.4, 0.5) is 10.5 Å². The summed E-state index contributed by atoms with van der Waals surface area (Å²) in [7, 11) is 1.60. The minimum absolute atomic E-state index is 0.0901. The first-order valence-corrected chi connectivity index (χ1v) is 10.3. The molecule has 1 saturated heterocycles. The van der Waals surface area contributed by atoms with Crippen LogP contribution in [0.1, 0.15) is 44.7 Å². The molecular formula is C24H32N2O3. The predicted octanol–water partition coefficient (Wildman–Crippen LogP) is 5.21. The quantitative estimate of drug-likeness (QED) is 0.730. The average Bonchev–Trinajstić information content (AvgIpc) is 3.21. The molecule has 1 heterocycles. The Labute approximate surface area is 174 Å². The molecule has 156 valence electrons. The van der Waals surface area contributed by atoms with Crippen molar-refractivity contribution in [3.63, 3.8) is 0 Å². The second-order valence-electron chi connectivity index (χ2n) is 8.59. The van der Waals surface area contributed by atoms with Crippen molar-refractivity contribution in [1.82, 2.24) is 4.90 Å². The van der Waals surface area contributed by atoms with Crippen molar-refractivity contribution < 1.29 is 14.3 Å². The van der Waals surface area contributed by atoms with Crippen molar-refractivity contribution in [2.24, 2.45) is 0 Å². The van der Waals surface area contributed by atoms with Crippen LogP contribution >= 0.6 is 0 Å². The summed E-state index contributed by atoms with van der Waals surface area (Å²) >= 11 is 0. The van der Waals surface area contributed by atoms with Gasteiger partial charge < -0.3 is 19.7 Å². The van der Waals surface area contributed by atoms with Gasteiger partial charge in [0.15, 0.2) is 0 Å². The lowest BCUT2D eigenvalue weighted by Gasteiger charge is -2.27. The maximum Gasteiger partial charge on any atom is 0.322 e. The highest BCUT2D eigenvalue weighted by molar-refractivity contribution is 5.91. The molecule has 0 spiro atoms. The lowest BCUT2D eigenvalue weighted by atomic mass is 9.87. The van der Waals surface area contributed by atoms with Crippen LogP contribution in [0, 0.1) is 0 Å². The van der Waals surface area contributed by atoms with E-state index in [2.05, 4.69) is 50.4 Å². The van der Waals surface area contributed by atoms with Crippen molar-refractivity contribution in [3.8, 4) is 5.75 Å². The van der Waals surface area contributed by atoms with Gasteiger partial charge in [0.25, 0.3) is 0 Å². The van der Waals surface area contributed by atoms with E-state index >= 15 is 0 Å². The molecule has 1 fully saturated rings. The van der Waals surface area contributed by atoms with E-state index in [9.17, 15) is 4.79 Å². The number of nitrogens with zero attached hydrogens (tertiary/aromatic N) is 1. The number of amides is 2. The third-order valence-corrected chi connectivity index (χ3v) is 5.28. The fraction of sp³-hybridized carbons (Fsp3) is 0.458. The molecule has 0 bridgehead atoms. The topological polar surface area (TPSA) is 50.8 Å². The fourth-order valence-corrected chi connectivity index (χ4v) is 3.53. The third-order valence-electron chi connectivity index (χ3n) is 5.28. The molecule has 0 unspecified atom stereocenters. The lowest BCUT2D eigenvalue weighted by molar-refractivity contribution is 0.0819. The summed E-state index contributed by atoms with van der Waals surface area (Å²) in [4.78, 5) is 14.9. The van der Waals surface area contributed by atoms with E-state index in [-0.39, 0.29) is 17.6 Å². The number of benzene rings is 2. The van der Waals surface area contributed by atoms with Gasteiger partial charge in [0.1, 0.15) is 5.75 Å². The van der Waals surface area contributed by atoms with Gasteiger partial charge in [-0.3, -0.25) is 0 Å². The highest BCUT2D eigenvalue weighted by Gasteiger charge is 2.24. The van der Waals surface area contributed by atoms with E-state index in [1.54, 1.807) is 7.11 Å². The normalized spacial score (nSPS) is 16.5. The van der Waals surface area contributed by atoms with Crippen molar-refractivity contribution in [1.29, 1.82) is 0 Å². The summed E-state index contributed by atoms with van der Waals surface area (Å²) in [5, 5.41) is 3.00. The number of urea groups is 1. The maximum atomic E-state index is 13.1. The number of hydrogen-bond donors (Lipinski definition) is 1. The number of para-hydroxylation sites is 2. The van der Waals surface area contributed by atoms with Gasteiger partial charge in [0, 0.05) is 19.7 Å². The Balaban J connectivity index is 1.75. The summed E-state index contributed by atoms with van der Waals surface area (Å²) in [6, 6.07) is 15.8. The molecule has 1 aliphatic heterocycles. The van der Waals surface area contributed by atoms with Gasteiger partial charge in [0.2, 0.25) is 0 Å². The smallest absolute Gasteiger partial charge is 0.322 e. The standard InChI is InChI=1S/C24H32N2O3/c1-24(2,3)19-13-11-18(12-14-19)16-26(17-20-8-7-15-29-20)23(27)25-21-9-5-6-10-22(21)28-4/h5-6,9-14,20H,7-8,15-17H2,1-4H3,(H,25,27)/t20-/m1/s1. The molecule has 2 aromatic carbocycles. The number of carbonyl (C=O) groups is 1. The summed E-state index contributed by atoms with van der Waals surface area (Å²) in [6.07, 6.45) is 2.13. The molecule has 29 heavy (non-hydrogen) atoms. The van der Waals surface area contributed by atoms with Crippen molar-refractivity contribution in [2.45, 2.75) is 51.7 Å². The summed E-state index contributed by atoms with van der Waals surface area (Å²) in [5.74, 6) is 0.646. The number of methoxy groups -OCH3 is 1. The van der Waals surface area contributed by atoms with Crippen LogP contribution in [0.2, 0.25) is 0 Å². The molecule has 1 N–H and O–H groups in total. The molecule has 1 atom stereocenters. The summed E-state index contributed by atoms with van der Waals surface area (Å²) in [5.41, 5.74) is 3.16. The van der Waals surface area contributed by atoms with Crippen LogP contribution in [0.15, 0.2) is 48.5 Å². The average molecular weight is 397 g/mol. The molecule has 0 aromatic heterocycles. The van der Waals surface area contributed by atoms with Crippen molar-refractivity contribution in [2.75, 3.05) is 25.6 Å². The van der Waals surface area contributed by atoms with E-state index in [1.807, 2.05) is 29.2 Å². The van der Waals surface area contributed by atoms with Gasteiger partial charge in [-0.25, -0.2) is 4.79 Å². The van der Waals surface area contributed by atoms with Gasteiger partial charge in [-0.15, -0.1) is 0 Å². The minimum atomic E-state index is -0.148. The summed E-state index contributed by atoms with van der Waals surface area (Å²) in [6.45, 7) is 8.48. The lowest BCUT2D eigenvalue weighted by Crippen LogP contribution is -2.39. The number of ether oxygens (including phenoxy) is 2. The number of rotatable bonds is 6. The molecule has 5 heteroatoms. The van der Waals surface area contributed by atoms with Crippen LogP contribution in [-0.4, -0.2) is 37.3 Å². The SMILES string of the molecule is COc1ccccc1NC(=O)N(Cc1ccc(C(C)(C)C)cc1)C[C@H]1CCCO1. The Kier molecular flexibility index (Phi) is 6.80. The number of hydrogen-bond acceptors (Lipinski definition) is 3. The first-order valence-electron chi connectivity index (χ1n) is 10.3. The highest BCUT2D eigenvalue weighted by Crippen LogP contribution is 2.25. The Morgan fingerprint density at radius 2 is 1.90 bits per heavy atom. The molecule has 2 amide bonds. The zero-order valence-corrected chi connectivity index (χ0v) is 17.9. The van der Waals surface area contributed by atoms with E-state index in [0.717, 1.165) is 25.0 Å². The molecule has 1 aliphatic rings. The largest absolute Gasteiger partial charge is 0.495 e. The van der Waals surface area contributed by atoms with Gasteiger partial charge in [-0.2, -0.15) is 0 Å². The van der Waals surface area contributed by atoms with Crippen LogP contribution in [0.3, 0.4) is 0 Å².